The molecule has 8 heteroatoms. The predicted octanol–water partition coefficient (Wildman–Crippen LogP) is 3.54. The van der Waals surface area contributed by atoms with Crippen LogP contribution in [0, 0.1) is 0 Å². The van der Waals surface area contributed by atoms with E-state index in [9.17, 15) is 4.79 Å². The van der Waals surface area contributed by atoms with Crippen LogP contribution in [0.15, 0.2) is 59.3 Å². The van der Waals surface area contributed by atoms with Crippen molar-refractivity contribution in [3.8, 4) is 11.3 Å². The first-order chi connectivity index (χ1) is 12.1. The Morgan fingerprint density at radius 1 is 1.16 bits per heavy atom. The van der Waals surface area contributed by atoms with Crippen molar-refractivity contribution >= 4 is 39.4 Å². The van der Waals surface area contributed by atoms with Crippen molar-refractivity contribution in [2.45, 2.75) is 0 Å². The lowest BCUT2D eigenvalue weighted by Gasteiger charge is -2.11. The Kier molecular flexibility index (Phi) is 5.20. The van der Waals surface area contributed by atoms with Crippen LogP contribution in [0.4, 0.5) is 17.5 Å². The Bertz CT molecular complexity index is 889. The highest BCUT2D eigenvalue weighted by atomic mass is 79.9. The monoisotopic (exact) mass is 399 g/mol. The van der Waals surface area contributed by atoms with Gasteiger partial charge in [-0.25, -0.2) is 4.98 Å². The smallest absolute Gasteiger partial charge is 0.322 e. The van der Waals surface area contributed by atoms with Crippen molar-refractivity contribution in [2.24, 2.45) is 0 Å². The molecule has 0 aliphatic rings. The molecular formula is C17H14BrN5O2. The first-order valence-corrected chi connectivity index (χ1v) is 8.18. The fourth-order valence-electron chi connectivity index (χ4n) is 2.11. The molecule has 0 bridgehead atoms. The van der Waals surface area contributed by atoms with Crippen molar-refractivity contribution in [1.82, 2.24) is 15.0 Å². The van der Waals surface area contributed by atoms with Gasteiger partial charge in [0.25, 0.3) is 0 Å². The summed E-state index contributed by atoms with van der Waals surface area (Å²) in [6, 6.07) is 13.1. The Morgan fingerprint density at radius 3 is 2.72 bits per heavy atom. The predicted molar refractivity (Wildman–Crippen MR) is 98.8 cm³/mol. The number of carboxylic acid groups (broad SMARTS) is 1. The largest absolute Gasteiger partial charge is 0.480 e. The molecule has 2 heterocycles. The van der Waals surface area contributed by atoms with Gasteiger partial charge in [-0.15, -0.1) is 0 Å². The Labute approximate surface area is 152 Å². The highest BCUT2D eigenvalue weighted by Crippen LogP contribution is 2.27. The summed E-state index contributed by atoms with van der Waals surface area (Å²) in [7, 11) is 0. The highest BCUT2D eigenvalue weighted by Gasteiger charge is 2.09. The fourth-order valence-corrected chi connectivity index (χ4v) is 2.49. The molecule has 0 saturated heterocycles. The van der Waals surface area contributed by atoms with Crippen LogP contribution in [-0.4, -0.2) is 32.6 Å². The van der Waals surface area contributed by atoms with Crippen molar-refractivity contribution in [3.63, 3.8) is 0 Å². The number of para-hydroxylation sites is 1. The fraction of sp³-hybridized carbons (Fsp3) is 0.0588. The summed E-state index contributed by atoms with van der Waals surface area (Å²) in [6.07, 6.45) is 3.36. The minimum Gasteiger partial charge on any atom is -0.480 e. The Morgan fingerprint density at radius 2 is 2.00 bits per heavy atom. The van der Waals surface area contributed by atoms with E-state index in [1.807, 2.05) is 36.4 Å². The number of carboxylic acids is 1. The lowest BCUT2D eigenvalue weighted by Crippen LogP contribution is -2.15. The maximum Gasteiger partial charge on any atom is 0.322 e. The maximum atomic E-state index is 10.8. The normalized spacial score (nSPS) is 10.3. The van der Waals surface area contributed by atoms with Crippen molar-refractivity contribution in [2.75, 3.05) is 17.2 Å². The van der Waals surface area contributed by atoms with E-state index in [1.54, 1.807) is 18.5 Å². The zero-order valence-corrected chi connectivity index (χ0v) is 14.6. The number of aromatic nitrogens is 3. The Hall–Kier alpha value is -3.00. The number of pyridine rings is 1. The number of benzene rings is 1. The third-order valence-electron chi connectivity index (χ3n) is 3.22. The molecule has 2 aromatic heterocycles. The highest BCUT2D eigenvalue weighted by molar-refractivity contribution is 9.10. The molecule has 0 atom stereocenters. The molecule has 0 saturated carbocycles. The van der Waals surface area contributed by atoms with Crippen LogP contribution < -0.4 is 10.6 Å². The second-order valence-corrected chi connectivity index (χ2v) is 5.91. The van der Waals surface area contributed by atoms with Gasteiger partial charge in [0.05, 0.1) is 11.4 Å². The molecule has 0 radical (unpaired) electrons. The molecule has 126 valence electrons. The second kappa shape index (κ2) is 7.71. The van der Waals surface area contributed by atoms with E-state index in [1.165, 1.54) is 0 Å². The number of nitrogens with zero attached hydrogens (tertiary/aromatic N) is 3. The molecule has 3 N–H and O–H groups in total. The SMILES string of the molecule is O=C(O)CNc1nc(Nc2ccccc2Br)cc(-c2cccnc2)n1. The van der Waals surface area contributed by atoms with Crippen LogP contribution in [0.25, 0.3) is 11.3 Å². The third kappa shape index (κ3) is 4.51. The molecule has 1 aromatic carbocycles. The first kappa shape index (κ1) is 16.8. The van der Waals surface area contributed by atoms with Crippen LogP contribution >= 0.6 is 15.9 Å². The molecule has 25 heavy (non-hydrogen) atoms. The van der Waals surface area contributed by atoms with Gasteiger partial charge in [0.1, 0.15) is 12.4 Å². The molecule has 0 fully saturated rings. The zero-order valence-electron chi connectivity index (χ0n) is 13.0. The number of rotatable bonds is 6. The summed E-state index contributed by atoms with van der Waals surface area (Å²) < 4.78 is 0.886. The van der Waals surface area contributed by atoms with E-state index >= 15 is 0 Å². The van der Waals surface area contributed by atoms with Crippen molar-refractivity contribution < 1.29 is 9.90 Å². The van der Waals surface area contributed by atoms with E-state index in [-0.39, 0.29) is 12.5 Å². The number of carbonyl (C=O) groups is 1. The van der Waals surface area contributed by atoms with Gasteiger partial charge in [-0.3, -0.25) is 9.78 Å². The molecule has 0 amide bonds. The standard InChI is InChI=1S/C17H14BrN5O2/c18-12-5-1-2-6-13(12)21-15-8-14(11-4-3-7-19-9-11)22-17(23-15)20-10-16(24)25/h1-9H,10H2,(H,24,25)(H2,20,21,22,23). The molecule has 7 nitrogen and oxygen atoms in total. The van der Waals surface area contributed by atoms with Gasteiger partial charge in [-0.05, 0) is 40.2 Å². The number of hydrogen-bond donors (Lipinski definition) is 3. The van der Waals surface area contributed by atoms with Gasteiger partial charge in [-0.1, -0.05) is 12.1 Å². The quantitative estimate of drug-likeness (QED) is 0.582. The lowest BCUT2D eigenvalue weighted by atomic mass is 10.2. The van der Waals surface area contributed by atoms with Gasteiger partial charge in [0.15, 0.2) is 0 Å². The average Bonchev–Trinajstić information content (AvgIpc) is 2.62. The van der Waals surface area contributed by atoms with Gasteiger partial charge in [-0.2, -0.15) is 4.98 Å². The summed E-state index contributed by atoms with van der Waals surface area (Å²) >= 11 is 3.48. The van der Waals surface area contributed by atoms with Crippen LogP contribution in [-0.2, 0) is 4.79 Å². The summed E-state index contributed by atoms with van der Waals surface area (Å²) in [4.78, 5) is 23.6. The number of hydrogen-bond acceptors (Lipinski definition) is 6. The van der Waals surface area contributed by atoms with Gasteiger partial charge in [0.2, 0.25) is 5.95 Å². The van der Waals surface area contributed by atoms with Crippen LogP contribution in [0.1, 0.15) is 0 Å². The van der Waals surface area contributed by atoms with E-state index in [4.69, 9.17) is 5.11 Å². The summed E-state index contributed by atoms with van der Waals surface area (Å²) in [6.45, 7) is -0.273. The Balaban J connectivity index is 1.97. The molecule has 0 aliphatic heterocycles. The van der Waals surface area contributed by atoms with E-state index in [2.05, 4.69) is 41.5 Å². The van der Waals surface area contributed by atoms with Gasteiger partial charge in [0, 0.05) is 28.5 Å². The number of aliphatic carboxylic acids is 1. The lowest BCUT2D eigenvalue weighted by molar-refractivity contribution is -0.134. The molecule has 0 spiro atoms. The third-order valence-corrected chi connectivity index (χ3v) is 3.91. The zero-order chi connectivity index (χ0) is 17.6. The molecular weight excluding hydrogens is 386 g/mol. The van der Waals surface area contributed by atoms with Crippen LogP contribution in [0.2, 0.25) is 0 Å². The van der Waals surface area contributed by atoms with Crippen LogP contribution in [0.3, 0.4) is 0 Å². The number of anilines is 3. The molecule has 3 aromatic rings. The topological polar surface area (TPSA) is 100 Å². The minimum atomic E-state index is -0.990. The van der Waals surface area contributed by atoms with Crippen LogP contribution in [0.5, 0.6) is 0 Å². The van der Waals surface area contributed by atoms with E-state index in [0.717, 1.165) is 15.7 Å². The summed E-state index contributed by atoms with van der Waals surface area (Å²) in [5, 5.41) is 14.8. The average molecular weight is 400 g/mol. The number of nitrogens with one attached hydrogen (secondary N) is 2. The van der Waals surface area contributed by atoms with Crippen molar-refractivity contribution in [1.29, 1.82) is 0 Å². The van der Waals surface area contributed by atoms with E-state index < -0.39 is 5.97 Å². The maximum absolute atomic E-state index is 10.8. The van der Waals surface area contributed by atoms with Gasteiger partial charge < -0.3 is 15.7 Å². The molecule has 0 aliphatic carbocycles. The van der Waals surface area contributed by atoms with Gasteiger partial charge >= 0.3 is 5.97 Å². The van der Waals surface area contributed by atoms with E-state index in [0.29, 0.717) is 11.5 Å². The molecule has 0 unspecified atom stereocenters. The van der Waals surface area contributed by atoms with Crippen molar-refractivity contribution in [3.05, 3.63) is 59.3 Å². The second-order valence-electron chi connectivity index (χ2n) is 5.06. The summed E-state index contributed by atoms with van der Waals surface area (Å²) in [5.74, 6) is -0.234. The minimum absolute atomic E-state index is 0.221. The number of halogens is 1. The summed E-state index contributed by atoms with van der Waals surface area (Å²) in [5.41, 5.74) is 2.27. The molecule has 3 rings (SSSR count). The first-order valence-electron chi connectivity index (χ1n) is 7.38.